The van der Waals surface area contributed by atoms with E-state index in [2.05, 4.69) is 33.6 Å². The van der Waals surface area contributed by atoms with Crippen LogP contribution >= 0.6 is 12.6 Å². The molecule has 0 aliphatic carbocycles. The number of carbonyl (C=O) groups excluding carboxylic acids is 3. The van der Waals surface area contributed by atoms with Crippen LogP contribution in [0, 0.1) is 0 Å². The molecule has 0 heterocycles. The molecular formula is C13H25N7O5S. The molecule has 3 amide bonds. The van der Waals surface area contributed by atoms with Crippen LogP contribution in [0.15, 0.2) is 4.99 Å². The fraction of sp³-hybridized carbons (Fsp3) is 0.615. The number of hydrogen-bond acceptors (Lipinski definition) is 7. The largest absolute Gasteiger partial charge is 0.480 e. The number of aliphatic imine (C=N–C) groups is 1. The smallest absolute Gasteiger partial charge is 0.322 e. The average molecular weight is 391 g/mol. The maximum Gasteiger partial charge on any atom is 0.322 e. The Hall–Kier alpha value is -2.54. The van der Waals surface area contributed by atoms with E-state index in [0.29, 0.717) is 6.42 Å². The number of rotatable bonds is 12. The van der Waals surface area contributed by atoms with E-state index in [1.54, 1.807) is 0 Å². The molecule has 13 heteroatoms. The van der Waals surface area contributed by atoms with E-state index in [9.17, 15) is 19.2 Å². The number of carboxylic acids is 1. The summed E-state index contributed by atoms with van der Waals surface area (Å²) in [6.07, 6.45) is 0.526. The maximum atomic E-state index is 12.0. The van der Waals surface area contributed by atoms with Crippen molar-refractivity contribution in [1.82, 2.24) is 16.0 Å². The van der Waals surface area contributed by atoms with E-state index in [4.69, 9.17) is 22.3 Å². The molecule has 0 radical (unpaired) electrons. The van der Waals surface area contributed by atoms with Crippen LogP contribution in [-0.2, 0) is 19.2 Å². The molecule has 148 valence electrons. The fourth-order valence-corrected chi connectivity index (χ4v) is 1.85. The minimum Gasteiger partial charge on any atom is -0.480 e. The van der Waals surface area contributed by atoms with Crippen molar-refractivity contribution in [2.24, 2.45) is 22.2 Å². The van der Waals surface area contributed by atoms with Gasteiger partial charge >= 0.3 is 5.97 Å². The number of nitrogens with two attached hydrogens (primary N) is 3. The van der Waals surface area contributed by atoms with Crippen LogP contribution in [0.4, 0.5) is 0 Å². The number of nitrogens with zero attached hydrogens (tertiary/aromatic N) is 1. The summed E-state index contributed by atoms with van der Waals surface area (Å²) in [7, 11) is 0. The molecular weight excluding hydrogens is 366 g/mol. The highest BCUT2D eigenvalue weighted by Crippen LogP contribution is 1.99. The number of guanidine groups is 1. The second kappa shape index (κ2) is 12.8. The molecule has 0 fully saturated rings. The van der Waals surface area contributed by atoms with Crippen molar-refractivity contribution in [2.45, 2.75) is 24.9 Å². The van der Waals surface area contributed by atoms with E-state index in [1.165, 1.54) is 0 Å². The van der Waals surface area contributed by atoms with Crippen molar-refractivity contribution in [3.8, 4) is 0 Å². The summed E-state index contributed by atoms with van der Waals surface area (Å²) < 4.78 is 0. The number of amides is 3. The van der Waals surface area contributed by atoms with Crippen LogP contribution in [0.5, 0.6) is 0 Å². The van der Waals surface area contributed by atoms with Crippen molar-refractivity contribution < 1.29 is 24.3 Å². The molecule has 0 saturated heterocycles. The van der Waals surface area contributed by atoms with E-state index < -0.39 is 48.9 Å². The Morgan fingerprint density at radius 2 is 1.69 bits per heavy atom. The van der Waals surface area contributed by atoms with Crippen LogP contribution in [0.3, 0.4) is 0 Å². The van der Waals surface area contributed by atoms with E-state index >= 15 is 0 Å². The van der Waals surface area contributed by atoms with E-state index in [-0.39, 0.29) is 24.7 Å². The Bertz CT molecular complexity index is 539. The quantitative estimate of drug-likeness (QED) is 0.0710. The topological polar surface area (TPSA) is 215 Å². The molecule has 0 bridgehead atoms. The molecule has 0 aromatic rings. The van der Waals surface area contributed by atoms with Gasteiger partial charge in [0.15, 0.2) is 5.96 Å². The van der Waals surface area contributed by atoms with Gasteiger partial charge in [0.05, 0.1) is 12.6 Å². The molecule has 12 nitrogen and oxygen atoms in total. The number of thiol groups is 1. The van der Waals surface area contributed by atoms with Gasteiger partial charge in [-0.25, -0.2) is 0 Å². The summed E-state index contributed by atoms with van der Waals surface area (Å²) in [5, 5.41) is 15.5. The van der Waals surface area contributed by atoms with Crippen molar-refractivity contribution in [1.29, 1.82) is 0 Å². The molecule has 0 aromatic heterocycles. The van der Waals surface area contributed by atoms with Crippen molar-refractivity contribution in [3.63, 3.8) is 0 Å². The zero-order chi connectivity index (χ0) is 20.1. The molecule has 10 N–H and O–H groups in total. The van der Waals surface area contributed by atoms with Gasteiger partial charge in [-0.2, -0.15) is 12.6 Å². The number of carboxylic acid groups (broad SMARTS) is 1. The van der Waals surface area contributed by atoms with Crippen molar-refractivity contribution in [3.05, 3.63) is 0 Å². The predicted molar refractivity (Wildman–Crippen MR) is 97.3 cm³/mol. The van der Waals surface area contributed by atoms with Gasteiger partial charge in [0.25, 0.3) is 0 Å². The van der Waals surface area contributed by atoms with Gasteiger partial charge < -0.3 is 38.3 Å². The molecule has 0 aliphatic rings. The Kier molecular flexibility index (Phi) is 11.5. The first kappa shape index (κ1) is 23.5. The minimum absolute atomic E-state index is 0.107. The summed E-state index contributed by atoms with van der Waals surface area (Å²) in [4.78, 5) is 49.7. The lowest BCUT2D eigenvalue weighted by Gasteiger charge is -2.18. The molecule has 2 unspecified atom stereocenters. The lowest BCUT2D eigenvalue weighted by atomic mass is 10.1. The third-order valence-electron chi connectivity index (χ3n) is 2.97. The van der Waals surface area contributed by atoms with Gasteiger partial charge in [0.2, 0.25) is 17.7 Å². The van der Waals surface area contributed by atoms with Crippen molar-refractivity contribution >= 4 is 42.3 Å². The lowest BCUT2D eigenvalue weighted by Crippen LogP contribution is -2.51. The fourth-order valence-electron chi connectivity index (χ4n) is 1.69. The predicted octanol–water partition coefficient (Wildman–Crippen LogP) is -3.90. The molecule has 2 atom stereocenters. The Morgan fingerprint density at radius 3 is 2.23 bits per heavy atom. The summed E-state index contributed by atoms with van der Waals surface area (Å²) in [5.74, 6) is -3.10. The number of hydrogen-bond donors (Lipinski definition) is 8. The third-order valence-corrected chi connectivity index (χ3v) is 3.36. The van der Waals surface area contributed by atoms with Gasteiger partial charge in [0, 0.05) is 12.3 Å². The second-order valence-corrected chi connectivity index (χ2v) is 5.55. The molecule has 0 spiro atoms. The van der Waals surface area contributed by atoms with E-state index in [0.717, 1.165) is 0 Å². The van der Waals surface area contributed by atoms with Gasteiger partial charge in [0.1, 0.15) is 12.6 Å². The Morgan fingerprint density at radius 1 is 1.08 bits per heavy atom. The summed E-state index contributed by atoms with van der Waals surface area (Å²) in [5.41, 5.74) is 15.8. The first-order valence-electron chi connectivity index (χ1n) is 7.65. The summed E-state index contributed by atoms with van der Waals surface area (Å²) in [6.45, 7) is -0.752. The normalized spacial score (nSPS) is 12.4. The van der Waals surface area contributed by atoms with Gasteiger partial charge in [-0.05, 0) is 12.8 Å². The zero-order valence-corrected chi connectivity index (χ0v) is 15.0. The Labute approximate surface area is 155 Å². The van der Waals surface area contributed by atoms with Gasteiger partial charge in [-0.3, -0.25) is 24.2 Å². The third kappa shape index (κ3) is 11.1. The van der Waals surface area contributed by atoms with Crippen LogP contribution in [0.25, 0.3) is 0 Å². The monoisotopic (exact) mass is 391 g/mol. The first-order valence-corrected chi connectivity index (χ1v) is 8.29. The number of carbonyl (C=O) groups is 4. The molecule has 0 aromatic carbocycles. The maximum absolute atomic E-state index is 12.0. The Balaban J connectivity index is 4.63. The van der Waals surface area contributed by atoms with Gasteiger partial charge in [-0.1, -0.05) is 0 Å². The molecule has 0 aliphatic heterocycles. The highest BCUT2D eigenvalue weighted by Gasteiger charge is 2.21. The van der Waals surface area contributed by atoms with Gasteiger partial charge in [-0.15, -0.1) is 0 Å². The highest BCUT2D eigenvalue weighted by atomic mass is 32.1. The average Bonchev–Trinajstić information content (AvgIpc) is 2.58. The molecule has 0 rings (SSSR count). The van der Waals surface area contributed by atoms with Crippen LogP contribution in [0.1, 0.15) is 12.8 Å². The van der Waals surface area contributed by atoms with Crippen molar-refractivity contribution in [2.75, 3.05) is 25.4 Å². The number of nitrogens with one attached hydrogen (secondary N) is 3. The number of aliphatic carboxylic acids is 1. The minimum atomic E-state index is -1.23. The van der Waals surface area contributed by atoms with Crippen LogP contribution < -0.4 is 33.2 Å². The standard InChI is InChI=1S/C13H25N7O5S/c14-7(6-26)11(24)18-4-9(21)20-8(2-1-3-17-13(15)16)12(25)19-5-10(22)23/h7-8,26H,1-6,14H2,(H,18,24)(H,19,25)(H,20,21)(H,22,23)(H4,15,16,17). The SMILES string of the molecule is NC(N)=NCCCC(NC(=O)CNC(=O)C(N)CS)C(=O)NCC(=O)O. The summed E-state index contributed by atoms with van der Waals surface area (Å²) in [6, 6.07) is -1.87. The molecule has 0 saturated carbocycles. The highest BCUT2D eigenvalue weighted by molar-refractivity contribution is 7.80. The summed E-state index contributed by atoms with van der Waals surface area (Å²) >= 11 is 3.87. The second-order valence-electron chi connectivity index (χ2n) is 5.19. The zero-order valence-electron chi connectivity index (χ0n) is 14.1. The first-order chi connectivity index (χ1) is 12.2. The molecule has 26 heavy (non-hydrogen) atoms. The lowest BCUT2D eigenvalue weighted by molar-refractivity contribution is -0.138. The van der Waals surface area contributed by atoms with Crippen LogP contribution in [0.2, 0.25) is 0 Å². The van der Waals surface area contributed by atoms with Crippen LogP contribution in [-0.4, -0.2) is 72.2 Å². The van der Waals surface area contributed by atoms with E-state index in [1.807, 2.05) is 0 Å².